The molecule has 134 valence electrons. The van der Waals surface area contributed by atoms with Crippen LogP contribution < -0.4 is 5.32 Å². The lowest BCUT2D eigenvalue weighted by Crippen LogP contribution is -2.02. The average molecular weight is 374 g/mol. The lowest BCUT2D eigenvalue weighted by atomic mass is 10.2. The molecule has 0 atom stereocenters. The van der Waals surface area contributed by atoms with Crippen LogP contribution in [0, 0.1) is 5.92 Å². The summed E-state index contributed by atoms with van der Waals surface area (Å²) in [5, 5.41) is 10.7. The number of nitrogens with zero attached hydrogens (tertiary/aromatic N) is 5. The van der Waals surface area contributed by atoms with Crippen molar-refractivity contribution in [1.82, 2.24) is 24.7 Å². The molecule has 1 saturated carbocycles. The van der Waals surface area contributed by atoms with E-state index in [0.29, 0.717) is 5.95 Å². The molecular weight excluding hydrogens is 356 g/mol. The second kappa shape index (κ2) is 6.92. The molecule has 1 aromatic carbocycles. The maximum Gasteiger partial charge on any atom is 0.229 e. The zero-order chi connectivity index (χ0) is 18.1. The van der Waals surface area contributed by atoms with E-state index in [1.807, 2.05) is 41.2 Å². The van der Waals surface area contributed by atoms with Gasteiger partial charge in [-0.3, -0.25) is 4.68 Å². The van der Waals surface area contributed by atoms with E-state index >= 15 is 0 Å². The first kappa shape index (κ1) is 16.1. The van der Waals surface area contributed by atoms with Crippen molar-refractivity contribution < 1.29 is 0 Å². The molecule has 4 aromatic rings. The summed E-state index contributed by atoms with van der Waals surface area (Å²) in [6.45, 7) is 0.990. The Morgan fingerprint density at radius 1 is 1.04 bits per heavy atom. The summed E-state index contributed by atoms with van der Waals surface area (Å²) in [4.78, 5) is 13.6. The number of aromatic nitrogens is 5. The number of hydrogen-bond acceptors (Lipinski definition) is 6. The summed E-state index contributed by atoms with van der Waals surface area (Å²) in [6, 6.07) is 14.0. The molecule has 1 aliphatic carbocycles. The van der Waals surface area contributed by atoms with Crippen molar-refractivity contribution in [2.45, 2.75) is 19.4 Å². The quantitative estimate of drug-likeness (QED) is 0.533. The van der Waals surface area contributed by atoms with Gasteiger partial charge in [-0.15, -0.1) is 11.3 Å². The molecule has 6 nitrogen and oxygen atoms in total. The van der Waals surface area contributed by atoms with Crippen molar-refractivity contribution in [1.29, 1.82) is 0 Å². The fourth-order valence-corrected chi connectivity index (χ4v) is 3.68. The first-order valence-corrected chi connectivity index (χ1v) is 9.86. The molecule has 0 bridgehead atoms. The molecule has 27 heavy (non-hydrogen) atoms. The molecule has 0 saturated heterocycles. The Morgan fingerprint density at radius 3 is 2.78 bits per heavy atom. The highest BCUT2D eigenvalue weighted by atomic mass is 32.1. The zero-order valence-electron chi connectivity index (χ0n) is 14.6. The summed E-state index contributed by atoms with van der Waals surface area (Å²) in [6.07, 6.45) is 6.37. The lowest BCUT2D eigenvalue weighted by molar-refractivity contribution is 0.565. The van der Waals surface area contributed by atoms with Crippen LogP contribution in [0.15, 0.2) is 60.2 Å². The number of hydrogen-bond donors (Lipinski definition) is 1. The van der Waals surface area contributed by atoms with Crippen molar-refractivity contribution in [3.8, 4) is 22.0 Å². The van der Waals surface area contributed by atoms with Crippen LogP contribution in [0.25, 0.3) is 22.0 Å². The minimum Gasteiger partial charge on any atom is -0.307 e. The van der Waals surface area contributed by atoms with E-state index in [9.17, 15) is 0 Å². The molecule has 0 amide bonds. The van der Waals surface area contributed by atoms with E-state index in [4.69, 9.17) is 4.98 Å². The number of benzene rings is 1. The second-order valence-electron chi connectivity index (χ2n) is 6.66. The van der Waals surface area contributed by atoms with Gasteiger partial charge in [0.2, 0.25) is 5.95 Å². The molecule has 0 radical (unpaired) electrons. The first-order valence-electron chi connectivity index (χ1n) is 8.98. The van der Waals surface area contributed by atoms with Gasteiger partial charge < -0.3 is 5.32 Å². The van der Waals surface area contributed by atoms with Crippen molar-refractivity contribution in [3.63, 3.8) is 0 Å². The Morgan fingerprint density at radius 2 is 1.93 bits per heavy atom. The standard InChI is InChI=1S/C20H18N6S/c1-2-4-15(5-3-1)17-13-27-19(22-17)16-8-10-21-20(23-16)24-18-9-11-26(25-18)12-14-6-7-14/h1-5,8-11,13-14H,6-7,12H2,(H,21,23,24,25). The van der Waals surface area contributed by atoms with E-state index in [1.54, 1.807) is 17.5 Å². The van der Waals surface area contributed by atoms with Crippen LogP contribution in [-0.2, 0) is 6.54 Å². The highest BCUT2D eigenvalue weighted by molar-refractivity contribution is 7.13. The normalized spacial score (nSPS) is 13.6. The van der Waals surface area contributed by atoms with Crippen molar-refractivity contribution in [2.75, 3.05) is 5.32 Å². The van der Waals surface area contributed by atoms with Gasteiger partial charge in [0.1, 0.15) is 10.7 Å². The average Bonchev–Trinajstić information content (AvgIpc) is 3.19. The summed E-state index contributed by atoms with van der Waals surface area (Å²) in [5.41, 5.74) is 2.87. The molecule has 0 unspecified atom stereocenters. The summed E-state index contributed by atoms with van der Waals surface area (Å²) in [7, 11) is 0. The third-order valence-corrected chi connectivity index (χ3v) is 5.34. The van der Waals surface area contributed by atoms with E-state index < -0.39 is 0 Å². The van der Waals surface area contributed by atoms with Gasteiger partial charge in [-0.25, -0.2) is 15.0 Å². The van der Waals surface area contributed by atoms with Gasteiger partial charge in [0.15, 0.2) is 5.82 Å². The third kappa shape index (κ3) is 3.73. The molecule has 3 heterocycles. The predicted octanol–water partition coefficient (Wildman–Crippen LogP) is 4.62. The SMILES string of the molecule is c1ccc(-c2csc(-c3ccnc(Nc4ccn(CC5CC5)n4)n3)n2)cc1. The maximum atomic E-state index is 4.72. The predicted molar refractivity (Wildman–Crippen MR) is 107 cm³/mol. The van der Waals surface area contributed by atoms with Crippen LogP contribution in [0.4, 0.5) is 11.8 Å². The zero-order valence-corrected chi connectivity index (χ0v) is 15.4. The van der Waals surface area contributed by atoms with Crippen LogP contribution in [0.5, 0.6) is 0 Å². The summed E-state index contributed by atoms with van der Waals surface area (Å²) < 4.78 is 1.98. The largest absolute Gasteiger partial charge is 0.307 e. The Hall–Kier alpha value is -3.06. The fraction of sp³-hybridized carbons (Fsp3) is 0.200. The number of nitrogens with one attached hydrogen (secondary N) is 1. The monoisotopic (exact) mass is 374 g/mol. The fourth-order valence-electron chi connectivity index (χ4n) is 2.88. The minimum absolute atomic E-state index is 0.528. The van der Waals surface area contributed by atoms with Gasteiger partial charge in [0, 0.05) is 35.9 Å². The molecule has 1 aliphatic rings. The molecule has 7 heteroatoms. The van der Waals surface area contributed by atoms with Crippen LogP contribution >= 0.6 is 11.3 Å². The van der Waals surface area contributed by atoms with Gasteiger partial charge in [-0.2, -0.15) is 5.10 Å². The highest BCUT2D eigenvalue weighted by Crippen LogP contribution is 2.31. The van der Waals surface area contributed by atoms with Gasteiger partial charge in [-0.05, 0) is 24.8 Å². The Bertz CT molecular complexity index is 1050. The topological polar surface area (TPSA) is 68.5 Å². The van der Waals surface area contributed by atoms with E-state index in [2.05, 4.69) is 37.9 Å². The lowest BCUT2D eigenvalue weighted by Gasteiger charge is -2.03. The number of anilines is 2. The third-order valence-electron chi connectivity index (χ3n) is 4.47. The summed E-state index contributed by atoms with van der Waals surface area (Å²) >= 11 is 1.58. The van der Waals surface area contributed by atoms with Crippen LogP contribution in [0.3, 0.4) is 0 Å². The minimum atomic E-state index is 0.528. The number of thiazole rings is 1. The Kier molecular flexibility index (Phi) is 4.14. The Balaban J connectivity index is 1.34. The first-order chi connectivity index (χ1) is 13.3. The van der Waals surface area contributed by atoms with Crippen LogP contribution in [0.1, 0.15) is 12.8 Å². The van der Waals surface area contributed by atoms with Crippen molar-refractivity contribution in [3.05, 3.63) is 60.2 Å². The van der Waals surface area contributed by atoms with Gasteiger partial charge in [0.25, 0.3) is 0 Å². The Labute approximate surface area is 161 Å². The number of rotatable bonds is 6. The van der Waals surface area contributed by atoms with E-state index in [1.165, 1.54) is 12.8 Å². The van der Waals surface area contributed by atoms with Crippen molar-refractivity contribution in [2.24, 2.45) is 5.92 Å². The second-order valence-corrected chi connectivity index (χ2v) is 7.52. The molecular formula is C20H18N6S. The van der Waals surface area contributed by atoms with Gasteiger partial charge in [-0.1, -0.05) is 30.3 Å². The molecule has 5 rings (SSSR count). The van der Waals surface area contributed by atoms with Gasteiger partial charge in [0.05, 0.1) is 5.69 Å². The molecule has 0 spiro atoms. The summed E-state index contributed by atoms with van der Waals surface area (Å²) in [5.74, 6) is 2.08. The van der Waals surface area contributed by atoms with Crippen LogP contribution in [-0.4, -0.2) is 24.7 Å². The van der Waals surface area contributed by atoms with Gasteiger partial charge >= 0.3 is 0 Å². The van der Waals surface area contributed by atoms with Crippen LogP contribution in [0.2, 0.25) is 0 Å². The van der Waals surface area contributed by atoms with Crippen molar-refractivity contribution >= 4 is 23.1 Å². The smallest absolute Gasteiger partial charge is 0.229 e. The molecule has 3 aromatic heterocycles. The molecule has 1 fully saturated rings. The van der Waals surface area contributed by atoms with E-state index in [-0.39, 0.29) is 0 Å². The maximum absolute atomic E-state index is 4.72. The van der Waals surface area contributed by atoms with E-state index in [0.717, 1.165) is 40.2 Å². The molecule has 0 aliphatic heterocycles. The highest BCUT2D eigenvalue weighted by Gasteiger charge is 2.22. The molecule has 1 N–H and O–H groups in total.